The Morgan fingerprint density at radius 2 is 2.26 bits per heavy atom. The van der Waals surface area contributed by atoms with Crippen LogP contribution in [0.4, 0.5) is 0 Å². The highest BCUT2D eigenvalue weighted by atomic mass is 32.1. The van der Waals surface area contributed by atoms with Crippen molar-refractivity contribution >= 4 is 27.5 Å². The van der Waals surface area contributed by atoms with Crippen LogP contribution in [0, 0.1) is 0 Å². The first-order chi connectivity index (χ1) is 13.0. The van der Waals surface area contributed by atoms with E-state index in [1.807, 2.05) is 30.0 Å². The summed E-state index contributed by atoms with van der Waals surface area (Å²) in [5.74, 6) is 5.97. The lowest BCUT2D eigenvalue weighted by Crippen LogP contribution is -2.41. The minimum absolute atomic E-state index is 0.0198. The second-order valence-electron chi connectivity index (χ2n) is 6.61. The largest absolute Gasteiger partial charge is 0.397 e. The van der Waals surface area contributed by atoms with E-state index < -0.39 is 0 Å². The molecule has 0 spiro atoms. The van der Waals surface area contributed by atoms with Crippen molar-refractivity contribution in [3.63, 3.8) is 0 Å². The fraction of sp³-hybridized carbons (Fsp3) is 0.300. The topological polar surface area (TPSA) is 88.5 Å². The van der Waals surface area contributed by atoms with Crippen molar-refractivity contribution in [2.75, 3.05) is 13.1 Å². The van der Waals surface area contributed by atoms with Crippen LogP contribution in [0.1, 0.15) is 30.8 Å². The third-order valence-corrected chi connectivity index (χ3v) is 5.75. The molecule has 1 fully saturated rings. The van der Waals surface area contributed by atoms with Crippen LogP contribution in [0.3, 0.4) is 0 Å². The first kappa shape index (κ1) is 19.1. The Labute approximate surface area is 163 Å². The molecular formula is C20H25N5OS. The normalized spacial score (nSPS) is 18.1. The highest BCUT2D eigenvalue weighted by Crippen LogP contribution is 2.36. The van der Waals surface area contributed by atoms with Crippen LogP contribution in [0.5, 0.6) is 0 Å². The summed E-state index contributed by atoms with van der Waals surface area (Å²) in [6.07, 6.45) is 6.93. The van der Waals surface area contributed by atoms with Crippen LogP contribution in [0.25, 0.3) is 10.2 Å². The summed E-state index contributed by atoms with van der Waals surface area (Å²) in [7, 11) is 0. The number of aromatic nitrogens is 1. The molecule has 3 rings (SSSR count). The number of nitrogens with zero attached hydrogens (tertiary/aromatic N) is 3. The monoisotopic (exact) mass is 383 g/mol. The molecule has 142 valence electrons. The molecule has 1 aromatic heterocycles. The van der Waals surface area contributed by atoms with Crippen molar-refractivity contribution in [3.8, 4) is 0 Å². The molecule has 1 amide bonds. The van der Waals surface area contributed by atoms with E-state index in [-0.39, 0.29) is 18.5 Å². The Bertz CT molecular complexity index is 868. The van der Waals surface area contributed by atoms with Crippen molar-refractivity contribution in [3.05, 3.63) is 65.5 Å². The molecule has 4 N–H and O–H groups in total. The maximum Gasteiger partial charge on any atom is 0.244 e. The molecule has 1 saturated heterocycles. The van der Waals surface area contributed by atoms with Gasteiger partial charge in [-0.1, -0.05) is 30.9 Å². The molecule has 27 heavy (non-hydrogen) atoms. The molecule has 1 aliphatic rings. The van der Waals surface area contributed by atoms with E-state index >= 15 is 0 Å². The van der Waals surface area contributed by atoms with Gasteiger partial charge in [0.1, 0.15) is 11.6 Å². The molecule has 1 unspecified atom stereocenters. The number of carbonyl (C=O) groups is 1. The van der Waals surface area contributed by atoms with Gasteiger partial charge in [-0.2, -0.15) is 0 Å². The molecule has 1 aliphatic heterocycles. The zero-order chi connectivity index (χ0) is 19.4. The summed E-state index contributed by atoms with van der Waals surface area (Å²) in [4.78, 5) is 19.4. The fourth-order valence-electron chi connectivity index (χ4n) is 3.20. The number of benzene rings is 1. The molecule has 7 heteroatoms. The van der Waals surface area contributed by atoms with Gasteiger partial charge < -0.3 is 15.6 Å². The van der Waals surface area contributed by atoms with Crippen molar-refractivity contribution in [1.29, 1.82) is 0 Å². The SMILES string of the molecule is C=C/C=C(C)/C(N)=C/N(N)CC(=O)N1CCCC1c1nc2ccccc2s1. The minimum atomic E-state index is -0.0198. The van der Waals surface area contributed by atoms with E-state index in [2.05, 4.69) is 12.6 Å². The second-order valence-corrected chi connectivity index (χ2v) is 7.67. The maximum absolute atomic E-state index is 12.8. The number of allylic oxidation sites excluding steroid dienone is 3. The predicted molar refractivity (Wildman–Crippen MR) is 110 cm³/mol. The Morgan fingerprint density at radius 3 is 3.00 bits per heavy atom. The number of hydrogen-bond donors (Lipinski definition) is 2. The first-order valence-electron chi connectivity index (χ1n) is 8.93. The van der Waals surface area contributed by atoms with Crippen molar-refractivity contribution in [2.45, 2.75) is 25.8 Å². The summed E-state index contributed by atoms with van der Waals surface area (Å²) in [6.45, 7) is 6.31. The van der Waals surface area contributed by atoms with Crippen LogP contribution in [-0.2, 0) is 4.79 Å². The van der Waals surface area contributed by atoms with E-state index in [1.165, 1.54) is 5.01 Å². The Balaban J connectivity index is 1.71. The van der Waals surface area contributed by atoms with E-state index in [9.17, 15) is 4.79 Å². The van der Waals surface area contributed by atoms with E-state index in [1.54, 1.807) is 29.7 Å². The molecule has 0 radical (unpaired) electrons. The van der Waals surface area contributed by atoms with Gasteiger partial charge in [-0.25, -0.2) is 10.8 Å². The van der Waals surface area contributed by atoms with Gasteiger partial charge in [-0.3, -0.25) is 4.79 Å². The third-order valence-electron chi connectivity index (χ3n) is 4.61. The lowest BCUT2D eigenvalue weighted by atomic mass is 10.2. The van der Waals surface area contributed by atoms with E-state index in [0.717, 1.165) is 40.2 Å². The number of rotatable bonds is 6. The number of nitrogens with two attached hydrogens (primary N) is 2. The van der Waals surface area contributed by atoms with E-state index in [0.29, 0.717) is 5.70 Å². The highest BCUT2D eigenvalue weighted by molar-refractivity contribution is 7.18. The minimum Gasteiger partial charge on any atom is -0.397 e. The summed E-state index contributed by atoms with van der Waals surface area (Å²) < 4.78 is 1.15. The number of thiazole rings is 1. The van der Waals surface area contributed by atoms with Gasteiger partial charge in [0.15, 0.2) is 0 Å². The molecule has 1 aromatic carbocycles. The van der Waals surface area contributed by atoms with Crippen LogP contribution < -0.4 is 11.6 Å². The van der Waals surface area contributed by atoms with Crippen LogP contribution in [0.15, 0.2) is 60.5 Å². The Morgan fingerprint density at radius 1 is 1.48 bits per heavy atom. The molecule has 0 aliphatic carbocycles. The zero-order valence-corrected chi connectivity index (χ0v) is 16.3. The number of hydrogen-bond acceptors (Lipinski definition) is 6. The fourth-order valence-corrected chi connectivity index (χ4v) is 4.32. The molecule has 1 atom stereocenters. The third kappa shape index (κ3) is 4.37. The number of fused-ring (bicyclic) bond motifs is 1. The Hall–Kier alpha value is -2.64. The summed E-state index contributed by atoms with van der Waals surface area (Å²) in [6, 6.07) is 8.08. The molecule has 0 saturated carbocycles. The van der Waals surface area contributed by atoms with Gasteiger partial charge in [-0.05, 0) is 37.5 Å². The van der Waals surface area contributed by atoms with Crippen molar-refractivity contribution in [1.82, 2.24) is 14.9 Å². The number of para-hydroxylation sites is 1. The number of hydrazine groups is 1. The van der Waals surface area contributed by atoms with Gasteiger partial charge in [-0.15, -0.1) is 11.3 Å². The predicted octanol–water partition coefficient (Wildman–Crippen LogP) is 3.07. The highest BCUT2D eigenvalue weighted by Gasteiger charge is 2.32. The second kappa shape index (κ2) is 8.37. The number of likely N-dealkylation sites (tertiary alicyclic amines) is 1. The van der Waals surface area contributed by atoms with Gasteiger partial charge >= 0.3 is 0 Å². The van der Waals surface area contributed by atoms with Gasteiger partial charge in [0, 0.05) is 12.7 Å². The molecule has 6 nitrogen and oxygen atoms in total. The average molecular weight is 384 g/mol. The summed E-state index contributed by atoms with van der Waals surface area (Å²) in [5, 5.41) is 2.33. The standard InChI is InChI=1S/C20H25N5OS/c1-3-7-14(2)15(21)12-24(22)13-19(26)25-11-6-9-17(25)20-23-16-8-4-5-10-18(16)27-20/h3-5,7-8,10,12,17H,1,6,9,11,13,21-22H2,2H3/b14-7+,15-12-. The van der Waals surface area contributed by atoms with E-state index in [4.69, 9.17) is 16.6 Å². The van der Waals surface area contributed by atoms with Gasteiger partial charge in [0.25, 0.3) is 0 Å². The number of carbonyl (C=O) groups excluding carboxylic acids is 1. The lowest BCUT2D eigenvalue weighted by molar-refractivity contribution is -0.132. The average Bonchev–Trinajstić information content (AvgIpc) is 3.28. The van der Waals surface area contributed by atoms with Gasteiger partial charge in [0.2, 0.25) is 5.91 Å². The van der Waals surface area contributed by atoms with Crippen molar-refractivity contribution < 1.29 is 4.79 Å². The molecular weight excluding hydrogens is 358 g/mol. The quantitative estimate of drug-likeness (QED) is 0.455. The lowest BCUT2D eigenvalue weighted by Gasteiger charge is -2.25. The van der Waals surface area contributed by atoms with Crippen LogP contribution in [-0.4, -0.2) is 33.9 Å². The molecule has 2 heterocycles. The smallest absolute Gasteiger partial charge is 0.244 e. The first-order valence-corrected chi connectivity index (χ1v) is 9.74. The van der Waals surface area contributed by atoms with Crippen molar-refractivity contribution in [2.24, 2.45) is 11.6 Å². The zero-order valence-electron chi connectivity index (χ0n) is 15.5. The summed E-state index contributed by atoms with van der Waals surface area (Å²) >= 11 is 1.66. The van der Waals surface area contributed by atoms with Crippen LogP contribution >= 0.6 is 11.3 Å². The van der Waals surface area contributed by atoms with Gasteiger partial charge in [0.05, 0.1) is 22.0 Å². The molecule has 2 aromatic rings. The summed E-state index contributed by atoms with van der Waals surface area (Å²) in [5.41, 5.74) is 8.33. The van der Waals surface area contributed by atoms with Crippen LogP contribution in [0.2, 0.25) is 0 Å². The molecule has 0 bridgehead atoms. The Kier molecular flexibility index (Phi) is 5.93. The number of amides is 1. The maximum atomic E-state index is 12.8.